The van der Waals surface area contributed by atoms with Crippen molar-refractivity contribution in [2.24, 2.45) is 11.3 Å². The molecule has 1 nitrogen and oxygen atoms in total. The fourth-order valence-electron chi connectivity index (χ4n) is 3.51. The number of ketones is 1. The van der Waals surface area contributed by atoms with E-state index in [4.69, 9.17) is 11.6 Å². The van der Waals surface area contributed by atoms with Gasteiger partial charge in [0.2, 0.25) is 0 Å². The van der Waals surface area contributed by atoms with Crippen molar-refractivity contribution in [1.29, 1.82) is 0 Å². The van der Waals surface area contributed by atoms with Crippen LogP contribution >= 0.6 is 11.6 Å². The van der Waals surface area contributed by atoms with Crippen LogP contribution in [-0.2, 0) is 4.79 Å². The van der Waals surface area contributed by atoms with E-state index in [1.165, 1.54) is 56.6 Å². The van der Waals surface area contributed by atoms with E-state index in [2.05, 4.69) is 0 Å². The lowest BCUT2D eigenvalue weighted by Gasteiger charge is -2.42. The Morgan fingerprint density at radius 2 is 1.69 bits per heavy atom. The Morgan fingerprint density at radius 1 is 1.06 bits per heavy atom. The highest BCUT2D eigenvalue weighted by molar-refractivity contribution is 6.26. The second kappa shape index (κ2) is 5.35. The molecule has 0 amide bonds. The van der Waals surface area contributed by atoms with Crippen molar-refractivity contribution in [2.75, 3.05) is 0 Å². The molecule has 0 aliphatic heterocycles. The number of hydrogen-bond donors (Lipinski definition) is 0. The van der Waals surface area contributed by atoms with Gasteiger partial charge in [0.05, 0.1) is 0 Å². The Bertz CT molecular complexity index is 266. The first-order valence-corrected chi connectivity index (χ1v) is 7.00. The van der Waals surface area contributed by atoms with Crippen LogP contribution in [0.4, 0.5) is 0 Å². The summed E-state index contributed by atoms with van der Waals surface area (Å²) in [6.07, 6.45) is 13.3. The van der Waals surface area contributed by atoms with Gasteiger partial charge >= 0.3 is 0 Å². The number of allylic oxidation sites excluding steroid dienone is 1. The number of carbonyl (C=O) groups excluding carboxylic acids is 1. The predicted octanol–water partition coefficient (Wildman–Crippen LogP) is 4.45. The standard InChI is InChI=1S/C14H21ClO/c15-11-6-13(16)12-4-9-14(10-5-12)7-2-1-3-8-14/h6,11-12H,1-5,7-10H2. The molecular formula is C14H21ClO. The van der Waals surface area contributed by atoms with Crippen LogP contribution < -0.4 is 0 Å². The second-order valence-electron chi connectivity index (χ2n) is 5.53. The third kappa shape index (κ3) is 2.68. The van der Waals surface area contributed by atoms with Gasteiger partial charge in [0, 0.05) is 11.5 Å². The number of halogens is 1. The summed E-state index contributed by atoms with van der Waals surface area (Å²) in [5, 5.41) is 0. The van der Waals surface area contributed by atoms with Crippen LogP contribution in [-0.4, -0.2) is 5.78 Å². The van der Waals surface area contributed by atoms with Crippen molar-refractivity contribution in [3.63, 3.8) is 0 Å². The van der Waals surface area contributed by atoms with E-state index in [-0.39, 0.29) is 11.7 Å². The van der Waals surface area contributed by atoms with Crippen molar-refractivity contribution >= 4 is 17.4 Å². The van der Waals surface area contributed by atoms with Gasteiger partial charge in [-0.2, -0.15) is 0 Å². The summed E-state index contributed by atoms with van der Waals surface area (Å²) in [7, 11) is 0. The van der Waals surface area contributed by atoms with E-state index in [0.29, 0.717) is 5.41 Å². The summed E-state index contributed by atoms with van der Waals surface area (Å²) >= 11 is 5.46. The van der Waals surface area contributed by atoms with E-state index >= 15 is 0 Å². The van der Waals surface area contributed by atoms with Crippen molar-refractivity contribution in [1.82, 2.24) is 0 Å². The molecule has 2 aliphatic carbocycles. The molecule has 0 bridgehead atoms. The molecule has 1 spiro atoms. The lowest BCUT2D eigenvalue weighted by atomic mass is 9.63. The van der Waals surface area contributed by atoms with Gasteiger partial charge < -0.3 is 0 Å². The van der Waals surface area contributed by atoms with Crippen molar-refractivity contribution in [3.05, 3.63) is 11.6 Å². The molecule has 0 N–H and O–H groups in total. The molecular weight excluding hydrogens is 220 g/mol. The van der Waals surface area contributed by atoms with E-state index in [1.807, 2.05) is 0 Å². The molecule has 16 heavy (non-hydrogen) atoms. The summed E-state index contributed by atoms with van der Waals surface area (Å²) in [5.74, 6) is 0.489. The molecule has 0 atom stereocenters. The third-order valence-corrected chi connectivity index (χ3v) is 4.72. The van der Waals surface area contributed by atoms with Crippen LogP contribution in [0.2, 0.25) is 0 Å². The molecule has 0 heterocycles. The first-order chi connectivity index (χ1) is 7.76. The zero-order chi connectivity index (χ0) is 11.4. The van der Waals surface area contributed by atoms with Gasteiger partial charge in [-0.3, -0.25) is 4.79 Å². The molecule has 0 saturated heterocycles. The molecule has 0 radical (unpaired) electrons. The number of rotatable bonds is 2. The fraction of sp³-hybridized carbons (Fsp3) is 0.786. The second-order valence-corrected chi connectivity index (χ2v) is 5.78. The lowest BCUT2D eigenvalue weighted by Crippen LogP contribution is -2.31. The number of hydrogen-bond acceptors (Lipinski definition) is 1. The minimum absolute atomic E-state index is 0.237. The fourth-order valence-corrected chi connectivity index (χ4v) is 3.64. The first kappa shape index (κ1) is 12.2. The van der Waals surface area contributed by atoms with Gasteiger partial charge in [0.1, 0.15) is 0 Å². The molecule has 90 valence electrons. The quantitative estimate of drug-likeness (QED) is 0.652. The predicted molar refractivity (Wildman–Crippen MR) is 67.5 cm³/mol. The van der Waals surface area contributed by atoms with Gasteiger partial charge in [-0.1, -0.05) is 30.9 Å². The van der Waals surface area contributed by atoms with Gasteiger partial charge in [0.25, 0.3) is 0 Å². The van der Waals surface area contributed by atoms with E-state index in [1.54, 1.807) is 0 Å². The van der Waals surface area contributed by atoms with Crippen LogP contribution in [0.1, 0.15) is 57.8 Å². The molecule has 2 heteroatoms. The summed E-state index contributed by atoms with van der Waals surface area (Å²) in [6.45, 7) is 0. The summed E-state index contributed by atoms with van der Waals surface area (Å²) in [6, 6.07) is 0. The maximum absolute atomic E-state index is 11.7. The van der Waals surface area contributed by atoms with Gasteiger partial charge in [0.15, 0.2) is 5.78 Å². The Morgan fingerprint density at radius 3 is 2.25 bits per heavy atom. The van der Waals surface area contributed by atoms with Gasteiger partial charge in [-0.15, -0.1) is 0 Å². The molecule has 2 aliphatic rings. The van der Waals surface area contributed by atoms with Crippen LogP contribution in [0.25, 0.3) is 0 Å². The summed E-state index contributed by atoms with van der Waals surface area (Å²) in [4.78, 5) is 11.7. The van der Waals surface area contributed by atoms with Crippen LogP contribution in [0.5, 0.6) is 0 Å². The molecule has 0 aromatic rings. The molecule has 2 fully saturated rings. The Hall–Kier alpha value is -0.300. The smallest absolute Gasteiger partial charge is 0.159 e. The van der Waals surface area contributed by atoms with Gasteiger partial charge in [-0.25, -0.2) is 0 Å². The molecule has 0 aromatic heterocycles. The number of carbonyl (C=O) groups is 1. The highest BCUT2D eigenvalue weighted by atomic mass is 35.5. The van der Waals surface area contributed by atoms with Crippen LogP contribution in [0.3, 0.4) is 0 Å². The van der Waals surface area contributed by atoms with Gasteiger partial charge in [-0.05, 0) is 50.0 Å². The Balaban J connectivity index is 1.88. The Labute approximate surface area is 103 Å². The Kier molecular flexibility index (Phi) is 4.07. The molecule has 0 aromatic carbocycles. The largest absolute Gasteiger partial charge is 0.295 e. The lowest BCUT2D eigenvalue weighted by molar-refractivity contribution is -0.120. The van der Waals surface area contributed by atoms with E-state index in [9.17, 15) is 4.79 Å². The SMILES string of the molecule is O=C(C=CCl)C1CCC2(CCCCC2)CC1. The highest BCUT2D eigenvalue weighted by Crippen LogP contribution is 2.48. The highest BCUT2D eigenvalue weighted by Gasteiger charge is 2.37. The van der Waals surface area contributed by atoms with Crippen molar-refractivity contribution in [2.45, 2.75) is 57.8 Å². The average molecular weight is 241 g/mol. The first-order valence-electron chi connectivity index (χ1n) is 6.56. The van der Waals surface area contributed by atoms with Crippen LogP contribution in [0, 0.1) is 11.3 Å². The monoisotopic (exact) mass is 240 g/mol. The molecule has 2 saturated carbocycles. The van der Waals surface area contributed by atoms with Crippen molar-refractivity contribution < 1.29 is 4.79 Å². The summed E-state index contributed by atoms with van der Waals surface area (Å²) < 4.78 is 0. The normalized spacial score (nSPS) is 26.3. The third-order valence-electron chi connectivity index (χ3n) is 4.59. The van der Waals surface area contributed by atoms with E-state index < -0.39 is 0 Å². The minimum atomic E-state index is 0.237. The molecule has 2 rings (SSSR count). The van der Waals surface area contributed by atoms with Crippen LogP contribution in [0.15, 0.2) is 11.6 Å². The maximum atomic E-state index is 11.7. The van der Waals surface area contributed by atoms with Crippen molar-refractivity contribution in [3.8, 4) is 0 Å². The maximum Gasteiger partial charge on any atom is 0.159 e. The zero-order valence-corrected chi connectivity index (χ0v) is 10.6. The topological polar surface area (TPSA) is 17.1 Å². The molecule has 0 unspecified atom stereocenters. The van der Waals surface area contributed by atoms with E-state index in [0.717, 1.165) is 12.8 Å². The zero-order valence-electron chi connectivity index (χ0n) is 9.88. The summed E-state index contributed by atoms with van der Waals surface area (Å²) in [5.41, 5.74) is 1.97. The minimum Gasteiger partial charge on any atom is -0.295 e. The average Bonchev–Trinajstić information content (AvgIpc) is 2.31.